The summed E-state index contributed by atoms with van der Waals surface area (Å²) in [5, 5.41) is 12.3. The molecule has 3 rings (SSSR count). The average molecular weight is 374 g/mol. The van der Waals surface area contributed by atoms with Crippen LogP contribution in [-0.2, 0) is 11.3 Å². The highest BCUT2D eigenvalue weighted by Gasteiger charge is 2.35. The van der Waals surface area contributed by atoms with Crippen LogP contribution >= 0.6 is 0 Å². The Morgan fingerprint density at radius 1 is 1.26 bits per heavy atom. The third kappa shape index (κ3) is 4.96. The van der Waals surface area contributed by atoms with Gasteiger partial charge in [0.1, 0.15) is 5.54 Å². The van der Waals surface area contributed by atoms with Gasteiger partial charge in [-0.25, -0.2) is 4.39 Å². The van der Waals surface area contributed by atoms with E-state index < -0.39 is 5.54 Å². The molecule has 1 aliphatic heterocycles. The number of benzene rings is 1. The van der Waals surface area contributed by atoms with Gasteiger partial charge in [0.05, 0.1) is 19.7 Å². The normalized spacial score (nSPS) is 20.2. The summed E-state index contributed by atoms with van der Waals surface area (Å²) >= 11 is 0. The van der Waals surface area contributed by atoms with E-state index in [1.165, 1.54) is 13.2 Å². The van der Waals surface area contributed by atoms with Gasteiger partial charge in [0.25, 0.3) is 0 Å². The molecule has 1 saturated heterocycles. The predicted octanol–water partition coefficient (Wildman–Crippen LogP) is 1.90. The van der Waals surface area contributed by atoms with E-state index in [9.17, 15) is 14.4 Å². The van der Waals surface area contributed by atoms with Crippen LogP contribution in [0.15, 0.2) is 18.2 Å². The minimum atomic E-state index is -0.655. The molecule has 2 aliphatic rings. The number of carbonyl (C=O) groups is 1. The molecule has 0 spiro atoms. The second-order valence-corrected chi connectivity index (χ2v) is 7.47. The third-order valence-electron chi connectivity index (χ3n) is 5.50. The fourth-order valence-electron chi connectivity index (χ4n) is 3.92. The lowest BCUT2D eigenvalue weighted by molar-refractivity contribution is -0.124. The quantitative estimate of drug-likeness (QED) is 0.824. The third-order valence-corrected chi connectivity index (χ3v) is 5.50. The molecule has 1 heterocycles. The number of rotatable bonds is 6. The van der Waals surface area contributed by atoms with Crippen LogP contribution in [0.5, 0.6) is 5.75 Å². The maximum Gasteiger partial charge on any atom is 0.235 e. The van der Waals surface area contributed by atoms with E-state index in [-0.39, 0.29) is 17.5 Å². The Bertz CT molecular complexity index is 704. The summed E-state index contributed by atoms with van der Waals surface area (Å²) in [7, 11) is 1.46. The standard InChI is InChI=1S/C20H27FN4O2/c1-27-18-5-4-16(12-17(18)21)13-24-8-10-25(11-9-24)14-19(26)23-20(15-22)6-2-3-7-20/h4-5,12H,2-3,6-11,13-14H2,1H3,(H,23,26). The van der Waals surface area contributed by atoms with Crippen LogP contribution in [0.3, 0.4) is 0 Å². The Kier molecular flexibility index (Phi) is 6.30. The van der Waals surface area contributed by atoms with Crippen LogP contribution in [0.25, 0.3) is 0 Å². The summed E-state index contributed by atoms with van der Waals surface area (Å²) in [5.74, 6) is -0.153. The smallest absolute Gasteiger partial charge is 0.235 e. The number of carbonyl (C=O) groups excluding carboxylic acids is 1. The molecule has 27 heavy (non-hydrogen) atoms. The van der Waals surface area contributed by atoms with Gasteiger partial charge in [-0.2, -0.15) is 5.26 Å². The van der Waals surface area contributed by atoms with Gasteiger partial charge in [-0.05, 0) is 43.4 Å². The lowest BCUT2D eigenvalue weighted by Gasteiger charge is -2.35. The molecule has 0 atom stereocenters. The molecule has 146 valence electrons. The number of amides is 1. The zero-order valence-electron chi connectivity index (χ0n) is 15.8. The lowest BCUT2D eigenvalue weighted by Crippen LogP contribution is -2.52. The number of piperazine rings is 1. The van der Waals surface area contributed by atoms with Gasteiger partial charge in [0.15, 0.2) is 11.6 Å². The summed E-state index contributed by atoms with van der Waals surface area (Å²) in [6.07, 6.45) is 3.50. The highest BCUT2D eigenvalue weighted by Crippen LogP contribution is 2.28. The van der Waals surface area contributed by atoms with Gasteiger partial charge in [0.2, 0.25) is 5.91 Å². The number of hydrogen-bond acceptors (Lipinski definition) is 5. The lowest BCUT2D eigenvalue weighted by atomic mass is 10.00. The first kappa shape index (κ1) is 19.6. The van der Waals surface area contributed by atoms with Crippen molar-refractivity contribution in [1.29, 1.82) is 5.26 Å². The molecule has 1 N–H and O–H groups in total. The molecule has 0 radical (unpaired) electrons. The minimum Gasteiger partial charge on any atom is -0.494 e. The van der Waals surface area contributed by atoms with Gasteiger partial charge in [0, 0.05) is 32.7 Å². The minimum absolute atomic E-state index is 0.0656. The summed E-state index contributed by atoms with van der Waals surface area (Å²) in [5.41, 5.74) is 0.258. The van der Waals surface area contributed by atoms with Crippen molar-refractivity contribution in [1.82, 2.24) is 15.1 Å². The number of nitrogens with zero attached hydrogens (tertiary/aromatic N) is 3. The summed E-state index contributed by atoms with van der Waals surface area (Å²) in [4.78, 5) is 16.7. The molecule has 1 saturated carbocycles. The fourth-order valence-corrected chi connectivity index (χ4v) is 3.92. The molecule has 0 bridgehead atoms. The predicted molar refractivity (Wildman–Crippen MR) is 99.6 cm³/mol. The molecule has 7 heteroatoms. The number of halogens is 1. The van der Waals surface area contributed by atoms with E-state index in [4.69, 9.17) is 4.74 Å². The van der Waals surface area contributed by atoms with Gasteiger partial charge in [-0.15, -0.1) is 0 Å². The van der Waals surface area contributed by atoms with E-state index in [1.807, 2.05) is 6.07 Å². The second-order valence-electron chi connectivity index (χ2n) is 7.47. The van der Waals surface area contributed by atoms with Crippen LogP contribution in [0, 0.1) is 17.1 Å². The Balaban J connectivity index is 1.44. The molecule has 1 aromatic rings. The number of hydrogen-bond donors (Lipinski definition) is 1. The first-order valence-corrected chi connectivity index (χ1v) is 9.53. The number of nitriles is 1. The van der Waals surface area contributed by atoms with Crippen LogP contribution in [0.4, 0.5) is 4.39 Å². The van der Waals surface area contributed by atoms with E-state index in [0.29, 0.717) is 13.1 Å². The van der Waals surface area contributed by atoms with E-state index in [2.05, 4.69) is 21.2 Å². The van der Waals surface area contributed by atoms with Crippen LogP contribution in [-0.4, -0.2) is 61.1 Å². The van der Waals surface area contributed by atoms with Crippen molar-refractivity contribution in [3.05, 3.63) is 29.6 Å². The monoisotopic (exact) mass is 374 g/mol. The van der Waals surface area contributed by atoms with E-state index >= 15 is 0 Å². The average Bonchev–Trinajstić information content (AvgIpc) is 3.12. The summed E-state index contributed by atoms with van der Waals surface area (Å²) < 4.78 is 18.8. The van der Waals surface area contributed by atoms with Gasteiger partial charge in [-0.3, -0.25) is 14.6 Å². The Morgan fingerprint density at radius 3 is 2.52 bits per heavy atom. The Morgan fingerprint density at radius 2 is 1.93 bits per heavy atom. The van der Waals surface area contributed by atoms with E-state index in [0.717, 1.165) is 57.4 Å². The number of nitrogens with one attached hydrogen (secondary N) is 1. The molecular formula is C20H27FN4O2. The van der Waals surface area contributed by atoms with Crippen LogP contribution < -0.4 is 10.1 Å². The largest absolute Gasteiger partial charge is 0.494 e. The van der Waals surface area contributed by atoms with Crippen LogP contribution in [0.1, 0.15) is 31.2 Å². The first-order valence-electron chi connectivity index (χ1n) is 9.53. The molecule has 1 amide bonds. The van der Waals surface area contributed by atoms with Crippen LogP contribution in [0.2, 0.25) is 0 Å². The van der Waals surface area contributed by atoms with Crippen molar-refractivity contribution in [3.63, 3.8) is 0 Å². The highest BCUT2D eigenvalue weighted by atomic mass is 19.1. The maximum atomic E-state index is 13.8. The van der Waals surface area contributed by atoms with E-state index in [1.54, 1.807) is 6.07 Å². The molecular weight excluding hydrogens is 347 g/mol. The van der Waals surface area contributed by atoms with Gasteiger partial charge in [-0.1, -0.05) is 6.07 Å². The molecule has 0 unspecified atom stereocenters. The molecule has 2 fully saturated rings. The van der Waals surface area contributed by atoms with Crippen molar-refractivity contribution in [2.24, 2.45) is 0 Å². The molecule has 0 aromatic heterocycles. The zero-order chi connectivity index (χ0) is 19.3. The highest BCUT2D eigenvalue weighted by molar-refractivity contribution is 5.79. The summed E-state index contributed by atoms with van der Waals surface area (Å²) in [6, 6.07) is 7.34. The Labute approximate surface area is 159 Å². The van der Waals surface area contributed by atoms with Gasteiger partial charge >= 0.3 is 0 Å². The maximum absolute atomic E-state index is 13.8. The van der Waals surface area contributed by atoms with Crippen molar-refractivity contribution in [2.45, 2.75) is 37.8 Å². The first-order chi connectivity index (χ1) is 13.0. The van der Waals surface area contributed by atoms with Gasteiger partial charge < -0.3 is 10.1 Å². The number of ether oxygens (including phenoxy) is 1. The zero-order valence-corrected chi connectivity index (χ0v) is 15.8. The molecule has 1 aliphatic carbocycles. The van der Waals surface area contributed by atoms with Crippen molar-refractivity contribution >= 4 is 5.91 Å². The van der Waals surface area contributed by atoms with Crippen molar-refractivity contribution in [3.8, 4) is 11.8 Å². The van der Waals surface area contributed by atoms with Crippen molar-refractivity contribution < 1.29 is 13.9 Å². The SMILES string of the molecule is COc1ccc(CN2CCN(CC(=O)NC3(C#N)CCCC3)CC2)cc1F. The summed E-state index contributed by atoms with van der Waals surface area (Å²) in [6.45, 7) is 4.22. The Hall–Kier alpha value is -2.17. The topological polar surface area (TPSA) is 68.6 Å². The van der Waals surface area contributed by atoms with Crippen molar-refractivity contribution in [2.75, 3.05) is 39.8 Å². The second kappa shape index (κ2) is 8.68. The fraction of sp³-hybridized carbons (Fsp3) is 0.600. The molecule has 1 aromatic carbocycles. The number of methoxy groups -OCH3 is 1. The molecule has 6 nitrogen and oxygen atoms in total.